The van der Waals surface area contributed by atoms with Crippen molar-refractivity contribution in [3.63, 3.8) is 0 Å². The number of nitrogens with one attached hydrogen (secondary N) is 2. The Morgan fingerprint density at radius 3 is 2.15 bits per heavy atom. The standard InChI is InChI=1S/C21H26N2O3S/c1-26-19(25)16-2-4-17(5-3-16)22-20(27)23-18(24)12-21-9-13-6-14(10-21)8-15(7-13)11-21/h2-5,13-15H,6-12H2,1H3,(H2,22,23,24,27). The average molecular weight is 387 g/mol. The molecule has 144 valence electrons. The summed E-state index contributed by atoms with van der Waals surface area (Å²) in [7, 11) is 1.35. The lowest BCUT2D eigenvalue weighted by Gasteiger charge is -2.56. The first kappa shape index (κ1) is 18.4. The molecule has 4 fully saturated rings. The lowest BCUT2D eigenvalue weighted by Crippen LogP contribution is -2.48. The van der Waals surface area contributed by atoms with Crippen molar-refractivity contribution in [3.8, 4) is 0 Å². The number of hydrogen-bond donors (Lipinski definition) is 2. The first-order valence-electron chi connectivity index (χ1n) is 9.74. The number of ether oxygens (including phenoxy) is 1. The predicted molar refractivity (Wildman–Crippen MR) is 107 cm³/mol. The Kier molecular flexibility index (Phi) is 4.93. The summed E-state index contributed by atoms with van der Waals surface area (Å²) in [5.74, 6) is 2.14. The number of hydrogen-bond acceptors (Lipinski definition) is 4. The Morgan fingerprint density at radius 2 is 1.63 bits per heavy atom. The van der Waals surface area contributed by atoms with E-state index in [1.54, 1.807) is 24.3 Å². The van der Waals surface area contributed by atoms with Crippen molar-refractivity contribution in [2.24, 2.45) is 23.2 Å². The molecule has 0 unspecified atom stereocenters. The molecular formula is C21H26N2O3S. The van der Waals surface area contributed by atoms with Crippen LogP contribution < -0.4 is 10.6 Å². The van der Waals surface area contributed by atoms with Crippen LogP contribution in [0.2, 0.25) is 0 Å². The minimum atomic E-state index is -0.381. The van der Waals surface area contributed by atoms with Gasteiger partial charge < -0.3 is 15.4 Å². The van der Waals surface area contributed by atoms with Gasteiger partial charge in [-0.25, -0.2) is 4.79 Å². The highest BCUT2D eigenvalue weighted by Crippen LogP contribution is 2.61. The van der Waals surface area contributed by atoms with Gasteiger partial charge in [-0.05, 0) is 98.2 Å². The van der Waals surface area contributed by atoms with Gasteiger partial charge in [-0.2, -0.15) is 0 Å². The van der Waals surface area contributed by atoms with Gasteiger partial charge in [0.1, 0.15) is 0 Å². The van der Waals surface area contributed by atoms with E-state index < -0.39 is 0 Å². The third kappa shape index (κ3) is 4.00. The molecule has 0 saturated heterocycles. The molecule has 1 aromatic rings. The number of esters is 1. The van der Waals surface area contributed by atoms with E-state index in [2.05, 4.69) is 15.4 Å². The summed E-state index contributed by atoms with van der Waals surface area (Å²) in [4.78, 5) is 24.1. The number of carbonyl (C=O) groups is 2. The predicted octanol–water partition coefficient (Wildman–Crippen LogP) is 3.89. The van der Waals surface area contributed by atoms with Crippen molar-refractivity contribution in [2.45, 2.75) is 44.9 Å². The van der Waals surface area contributed by atoms with Crippen LogP contribution in [0.5, 0.6) is 0 Å². The van der Waals surface area contributed by atoms with Crippen LogP contribution in [0.15, 0.2) is 24.3 Å². The fourth-order valence-electron chi connectivity index (χ4n) is 5.99. The van der Waals surface area contributed by atoms with E-state index in [1.165, 1.54) is 45.6 Å². The molecule has 0 aliphatic heterocycles. The molecule has 4 aliphatic carbocycles. The van der Waals surface area contributed by atoms with E-state index in [4.69, 9.17) is 12.2 Å². The molecule has 6 heteroatoms. The third-order valence-electron chi connectivity index (χ3n) is 6.52. The van der Waals surface area contributed by atoms with Crippen molar-refractivity contribution in [1.29, 1.82) is 0 Å². The Morgan fingerprint density at radius 1 is 1.07 bits per heavy atom. The van der Waals surface area contributed by atoms with Crippen LogP contribution in [0.4, 0.5) is 5.69 Å². The number of rotatable bonds is 4. The molecular weight excluding hydrogens is 360 g/mol. The van der Waals surface area contributed by atoms with E-state index >= 15 is 0 Å². The van der Waals surface area contributed by atoms with Crippen molar-refractivity contribution >= 4 is 34.9 Å². The summed E-state index contributed by atoms with van der Waals surface area (Å²) in [5, 5.41) is 6.16. The zero-order valence-electron chi connectivity index (χ0n) is 15.6. The minimum Gasteiger partial charge on any atom is -0.465 e. The molecule has 0 atom stereocenters. The second-order valence-electron chi connectivity index (χ2n) is 8.67. The lowest BCUT2D eigenvalue weighted by molar-refractivity contribution is -0.127. The molecule has 27 heavy (non-hydrogen) atoms. The quantitative estimate of drug-likeness (QED) is 0.607. The van der Waals surface area contributed by atoms with Crippen LogP contribution in [0.25, 0.3) is 0 Å². The monoisotopic (exact) mass is 386 g/mol. The van der Waals surface area contributed by atoms with Crippen molar-refractivity contribution in [2.75, 3.05) is 12.4 Å². The van der Waals surface area contributed by atoms with Gasteiger partial charge >= 0.3 is 5.97 Å². The first-order valence-corrected chi connectivity index (χ1v) is 10.1. The summed E-state index contributed by atoms with van der Waals surface area (Å²) in [6, 6.07) is 6.80. The maximum Gasteiger partial charge on any atom is 0.337 e. The average Bonchev–Trinajstić information content (AvgIpc) is 2.59. The van der Waals surface area contributed by atoms with Gasteiger partial charge in [-0.3, -0.25) is 4.79 Å². The molecule has 5 nitrogen and oxygen atoms in total. The topological polar surface area (TPSA) is 67.4 Å². The zero-order chi connectivity index (χ0) is 19.0. The van der Waals surface area contributed by atoms with Crippen molar-refractivity contribution in [1.82, 2.24) is 5.32 Å². The van der Waals surface area contributed by atoms with Crippen molar-refractivity contribution in [3.05, 3.63) is 29.8 Å². The third-order valence-corrected chi connectivity index (χ3v) is 6.72. The van der Waals surface area contributed by atoms with Crippen LogP contribution in [0, 0.1) is 23.2 Å². The summed E-state index contributed by atoms with van der Waals surface area (Å²) < 4.78 is 4.68. The van der Waals surface area contributed by atoms with Crippen LogP contribution >= 0.6 is 12.2 Å². The summed E-state index contributed by atoms with van der Waals surface area (Å²) in [6.45, 7) is 0. The van der Waals surface area contributed by atoms with E-state index in [0.29, 0.717) is 17.1 Å². The van der Waals surface area contributed by atoms with Crippen molar-refractivity contribution < 1.29 is 14.3 Å². The molecule has 0 radical (unpaired) electrons. The molecule has 4 saturated carbocycles. The van der Waals surface area contributed by atoms with Gasteiger partial charge in [0.25, 0.3) is 0 Å². The van der Waals surface area contributed by atoms with Crippen LogP contribution in [-0.4, -0.2) is 24.1 Å². The second kappa shape index (κ2) is 7.23. The fraction of sp³-hybridized carbons (Fsp3) is 0.571. The number of benzene rings is 1. The summed E-state index contributed by atoms with van der Waals surface area (Å²) in [6.07, 6.45) is 8.34. The Hall–Kier alpha value is -1.95. The fourth-order valence-corrected chi connectivity index (χ4v) is 6.22. The number of thiocarbonyl (C=S) groups is 1. The highest BCUT2D eigenvalue weighted by molar-refractivity contribution is 7.80. The molecule has 0 aromatic heterocycles. The molecule has 4 aliphatic rings. The number of amides is 1. The first-order chi connectivity index (χ1) is 12.9. The normalized spacial score (nSPS) is 30.6. The molecule has 4 bridgehead atoms. The Balaban J connectivity index is 1.31. The number of carbonyl (C=O) groups excluding carboxylic acids is 2. The molecule has 2 N–H and O–H groups in total. The maximum atomic E-state index is 12.6. The van der Waals surface area contributed by atoms with Gasteiger partial charge in [0.15, 0.2) is 5.11 Å². The zero-order valence-corrected chi connectivity index (χ0v) is 16.4. The highest BCUT2D eigenvalue weighted by Gasteiger charge is 2.51. The van der Waals surface area contributed by atoms with E-state index in [-0.39, 0.29) is 17.3 Å². The van der Waals surface area contributed by atoms with Crippen LogP contribution in [0.3, 0.4) is 0 Å². The van der Waals surface area contributed by atoms with Gasteiger partial charge in [-0.15, -0.1) is 0 Å². The Labute approximate surface area is 165 Å². The molecule has 0 heterocycles. The Bertz CT molecular complexity index is 724. The van der Waals surface area contributed by atoms with Gasteiger partial charge in [0.2, 0.25) is 5.91 Å². The molecule has 5 rings (SSSR count). The smallest absolute Gasteiger partial charge is 0.337 e. The van der Waals surface area contributed by atoms with Gasteiger partial charge in [0, 0.05) is 12.1 Å². The lowest BCUT2D eigenvalue weighted by atomic mass is 9.49. The largest absolute Gasteiger partial charge is 0.465 e. The van der Waals surface area contributed by atoms with E-state index in [1.807, 2.05) is 0 Å². The second-order valence-corrected chi connectivity index (χ2v) is 9.07. The van der Waals surface area contributed by atoms with Gasteiger partial charge in [0.05, 0.1) is 12.7 Å². The summed E-state index contributed by atoms with van der Waals surface area (Å²) in [5.41, 5.74) is 1.40. The minimum absolute atomic E-state index is 0.0145. The van der Waals surface area contributed by atoms with Gasteiger partial charge in [-0.1, -0.05) is 0 Å². The molecule has 0 spiro atoms. The number of methoxy groups -OCH3 is 1. The summed E-state index contributed by atoms with van der Waals surface area (Å²) >= 11 is 5.29. The molecule has 1 amide bonds. The van der Waals surface area contributed by atoms with E-state index in [0.717, 1.165) is 23.4 Å². The van der Waals surface area contributed by atoms with Crippen LogP contribution in [0.1, 0.15) is 55.3 Å². The van der Waals surface area contributed by atoms with Crippen LogP contribution in [-0.2, 0) is 9.53 Å². The SMILES string of the molecule is COC(=O)c1ccc(NC(=S)NC(=O)CC23CC4CC(CC(C4)C2)C3)cc1. The number of anilines is 1. The highest BCUT2D eigenvalue weighted by atomic mass is 32.1. The molecule has 1 aromatic carbocycles. The maximum absolute atomic E-state index is 12.6. The van der Waals surface area contributed by atoms with E-state index in [9.17, 15) is 9.59 Å².